The average Bonchev–Trinajstić information content (AvgIpc) is 2.78. The van der Waals surface area contributed by atoms with Gasteiger partial charge in [0.15, 0.2) is 17.2 Å². The van der Waals surface area contributed by atoms with Crippen LogP contribution in [-0.2, 0) is 4.79 Å². The highest BCUT2D eigenvalue weighted by molar-refractivity contribution is 6.29. The van der Waals surface area contributed by atoms with Crippen molar-refractivity contribution >= 4 is 46.0 Å². The maximum absolute atomic E-state index is 11.9. The predicted molar refractivity (Wildman–Crippen MR) is 129 cm³/mol. The number of hydrogen-bond donors (Lipinski definition) is 3. The average molecular weight is 482 g/mol. The molecule has 3 aromatic rings. The number of aryl methyl sites for hydroxylation is 1. The van der Waals surface area contributed by atoms with E-state index in [1.165, 1.54) is 11.0 Å². The topological polar surface area (TPSA) is 144 Å². The molecule has 0 unspecified atom stereocenters. The fraction of sp³-hybridized carbons (Fsp3) is 0.304. The number of amides is 1. The number of carboxylic acid groups (broad SMARTS) is 1. The molecule has 176 valence electrons. The molecule has 0 fully saturated rings. The molecule has 0 saturated heterocycles. The minimum Gasteiger partial charge on any atom is -0.476 e. The summed E-state index contributed by atoms with van der Waals surface area (Å²) < 4.78 is 0. The predicted octanol–water partition coefficient (Wildman–Crippen LogP) is 3.62. The smallest absolute Gasteiger partial charge is 0.356 e. The summed E-state index contributed by atoms with van der Waals surface area (Å²) in [5, 5.41) is 25.3. The molecule has 11 heteroatoms. The van der Waals surface area contributed by atoms with E-state index in [2.05, 4.69) is 25.6 Å². The molecule has 0 bridgehead atoms. The Labute approximate surface area is 201 Å². The lowest BCUT2D eigenvalue weighted by atomic mass is 10.0. The second-order valence-electron chi connectivity index (χ2n) is 7.92. The fourth-order valence-corrected chi connectivity index (χ4v) is 3.55. The summed E-state index contributed by atoms with van der Waals surface area (Å²) in [4.78, 5) is 38.0. The number of rotatable bonds is 8. The summed E-state index contributed by atoms with van der Waals surface area (Å²) in [7, 11) is 3.35. The number of halogens is 1. The number of aromatic nitrogens is 3. The quantitative estimate of drug-likeness (QED) is 0.410. The molecule has 0 aliphatic rings. The maximum atomic E-state index is 11.9. The van der Waals surface area contributed by atoms with Crippen LogP contribution in [0.25, 0.3) is 11.0 Å². The van der Waals surface area contributed by atoms with Gasteiger partial charge in [0.05, 0.1) is 22.8 Å². The van der Waals surface area contributed by atoms with Gasteiger partial charge in [0.2, 0.25) is 5.91 Å². The molecule has 3 rings (SSSR count). The number of nitrogens with one attached hydrogen (secondary N) is 2. The van der Waals surface area contributed by atoms with Gasteiger partial charge in [-0.25, -0.2) is 19.7 Å². The molecule has 0 aliphatic carbocycles. The van der Waals surface area contributed by atoms with Crippen molar-refractivity contribution in [2.24, 2.45) is 0 Å². The van der Waals surface area contributed by atoms with Crippen molar-refractivity contribution in [1.29, 1.82) is 5.26 Å². The van der Waals surface area contributed by atoms with Gasteiger partial charge >= 0.3 is 5.97 Å². The Morgan fingerprint density at radius 1 is 1.24 bits per heavy atom. The summed E-state index contributed by atoms with van der Waals surface area (Å²) in [6.45, 7) is 4.05. The first-order valence-electron chi connectivity index (χ1n) is 10.4. The molecular weight excluding hydrogens is 458 g/mol. The molecule has 3 N–H and O–H groups in total. The zero-order valence-electron chi connectivity index (χ0n) is 19.2. The van der Waals surface area contributed by atoms with Crippen LogP contribution in [0.1, 0.15) is 46.7 Å². The molecule has 34 heavy (non-hydrogen) atoms. The van der Waals surface area contributed by atoms with Gasteiger partial charge < -0.3 is 20.6 Å². The number of carbonyl (C=O) groups excluding carboxylic acids is 1. The Bertz CT molecular complexity index is 1300. The third-order valence-electron chi connectivity index (χ3n) is 5.08. The minimum atomic E-state index is -1.21. The van der Waals surface area contributed by atoms with Crippen LogP contribution in [0.5, 0.6) is 0 Å². The lowest BCUT2D eigenvalue weighted by Gasteiger charge is -2.19. The Morgan fingerprint density at radius 3 is 2.62 bits per heavy atom. The van der Waals surface area contributed by atoms with E-state index in [0.717, 1.165) is 11.1 Å². The third kappa shape index (κ3) is 5.50. The van der Waals surface area contributed by atoms with E-state index in [1.807, 2.05) is 32.0 Å². The van der Waals surface area contributed by atoms with Gasteiger partial charge in [0, 0.05) is 32.6 Å². The summed E-state index contributed by atoms with van der Waals surface area (Å²) in [5.41, 5.74) is 2.97. The molecule has 0 aliphatic heterocycles. The summed E-state index contributed by atoms with van der Waals surface area (Å²) in [6, 6.07) is 8.48. The number of nitrogens with zero attached hydrogens (tertiary/aromatic N) is 5. The normalized spacial score (nSPS) is 11.5. The van der Waals surface area contributed by atoms with Crippen LogP contribution >= 0.6 is 11.6 Å². The third-order valence-corrected chi connectivity index (χ3v) is 5.29. The molecule has 2 heterocycles. The van der Waals surface area contributed by atoms with Crippen molar-refractivity contribution in [2.45, 2.75) is 26.3 Å². The van der Waals surface area contributed by atoms with Crippen LogP contribution in [0.2, 0.25) is 5.15 Å². The Kier molecular flexibility index (Phi) is 7.48. The van der Waals surface area contributed by atoms with Gasteiger partial charge in [-0.1, -0.05) is 17.7 Å². The number of anilines is 2. The Hall–Kier alpha value is -3.97. The van der Waals surface area contributed by atoms with Gasteiger partial charge in [0.1, 0.15) is 11.2 Å². The SMILES string of the molecule is Cc1cc([C@@H](C)Nc2ccc(Cl)nc2C(=O)O)c2nc(NCCC(=O)N(C)C)c(C#N)nc2c1. The lowest BCUT2D eigenvalue weighted by molar-refractivity contribution is -0.128. The number of benzene rings is 1. The molecule has 0 spiro atoms. The van der Waals surface area contributed by atoms with Crippen LogP contribution in [0.3, 0.4) is 0 Å². The Morgan fingerprint density at radius 2 is 1.97 bits per heavy atom. The number of aromatic carboxylic acids is 1. The maximum Gasteiger partial charge on any atom is 0.356 e. The van der Waals surface area contributed by atoms with E-state index in [1.54, 1.807) is 20.2 Å². The zero-order valence-corrected chi connectivity index (χ0v) is 19.9. The van der Waals surface area contributed by atoms with Gasteiger partial charge in [-0.3, -0.25) is 4.79 Å². The minimum absolute atomic E-state index is 0.0558. The molecule has 1 atom stereocenters. The number of fused-ring (bicyclic) bond motifs is 1. The summed E-state index contributed by atoms with van der Waals surface area (Å²) >= 11 is 5.86. The molecule has 2 aromatic heterocycles. The second-order valence-corrected chi connectivity index (χ2v) is 8.31. The van der Waals surface area contributed by atoms with Gasteiger partial charge in [-0.2, -0.15) is 5.26 Å². The highest BCUT2D eigenvalue weighted by Gasteiger charge is 2.19. The first kappa shape index (κ1) is 24.7. The van der Waals surface area contributed by atoms with Crippen LogP contribution in [0.15, 0.2) is 24.3 Å². The van der Waals surface area contributed by atoms with E-state index in [-0.39, 0.29) is 40.7 Å². The highest BCUT2D eigenvalue weighted by atomic mass is 35.5. The second kappa shape index (κ2) is 10.3. The zero-order chi connectivity index (χ0) is 25.0. The van der Waals surface area contributed by atoms with Crippen molar-refractivity contribution < 1.29 is 14.7 Å². The molecule has 0 saturated carbocycles. The van der Waals surface area contributed by atoms with Crippen LogP contribution < -0.4 is 10.6 Å². The molecular formula is C23H24ClN7O3. The highest BCUT2D eigenvalue weighted by Crippen LogP contribution is 2.29. The summed E-state index contributed by atoms with van der Waals surface area (Å²) in [6.07, 6.45) is 0.234. The Balaban J connectivity index is 1.99. The van der Waals surface area contributed by atoms with Gasteiger partial charge in [-0.15, -0.1) is 0 Å². The van der Waals surface area contributed by atoms with Crippen molar-refractivity contribution in [2.75, 3.05) is 31.3 Å². The molecule has 1 aromatic carbocycles. The van der Waals surface area contributed by atoms with Gasteiger partial charge in [0.25, 0.3) is 0 Å². The van der Waals surface area contributed by atoms with Crippen molar-refractivity contribution in [3.63, 3.8) is 0 Å². The first-order valence-corrected chi connectivity index (χ1v) is 10.8. The number of carbonyl (C=O) groups is 2. The standard InChI is InChI=1S/C23H24ClN7O3/c1-12-9-14(13(2)27-15-5-6-18(24)29-21(15)23(33)34)20-16(10-12)28-17(11-25)22(30-20)26-8-7-19(32)31(3)4/h5-6,9-10,13,27H,7-8H2,1-4H3,(H,26,30)(H,33,34)/t13-/m1/s1. The van der Waals surface area contributed by atoms with E-state index in [9.17, 15) is 20.0 Å². The summed E-state index contributed by atoms with van der Waals surface area (Å²) in [5.74, 6) is -0.985. The molecule has 10 nitrogen and oxygen atoms in total. The monoisotopic (exact) mass is 481 g/mol. The van der Waals surface area contributed by atoms with E-state index >= 15 is 0 Å². The molecule has 1 amide bonds. The van der Waals surface area contributed by atoms with Crippen molar-refractivity contribution in [1.82, 2.24) is 19.9 Å². The van der Waals surface area contributed by atoms with E-state index in [0.29, 0.717) is 23.3 Å². The van der Waals surface area contributed by atoms with E-state index in [4.69, 9.17) is 11.6 Å². The number of hydrogen-bond acceptors (Lipinski definition) is 8. The fourth-order valence-electron chi connectivity index (χ4n) is 3.40. The number of pyridine rings is 1. The number of nitriles is 1. The van der Waals surface area contributed by atoms with Gasteiger partial charge in [-0.05, 0) is 37.6 Å². The molecule has 0 radical (unpaired) electrons. The lowest BCUT2D eigenvalue weighted by Crippen LogP contribution is -2.24. The van der Waals surface area contributed by atoms with Crippen molar-refractivity contribution in [3.8, 4) is 6.07 Å². The number of carboxylic acids is 1. The van der Waals surface area contributed by atoms with Crippen molar-refractivity contribution in [3.05, 3.63) is 51.9 Å². The largest absolute Gasteiger partial charge is 0.476 e. The van der Waals surface area contributed by atoms with Crippen LogP contribution in [-0.4, -0.2) is 57.5 Å². The van der Waals surface area contributed by atoms with E-state index < -0.39 is 5.97 Å². The van der Waals surface area contributed by atoms with Crippen LogP contribution in [0, 0.1) is 18.3 Å². The first-order chi connectivity index (χ1) is 16.1. The van der Waals surface area contributed by atoms with Crippen LogP contribution in [0.4, 0.5) is 11.5 Å².